The van der Waals surface area contributed by atoms with Gasteiger partial charge in [-0.05, 0) is 33.0 Å². The van der Waals surface area contributed by atoms with Crippen LogP contribution >= 0.6 is 0 Å². The summed E-state index contributed by atoms with van der Waals surface area (Å²) in [5.74, 6) is 0. The fourth-order valence-corrected chi connectivity index (χ4v) is 0.421. The van der Waals surface area contributed by atoms with Crippen LogP contribution in [0.1, 0.15) is 20.8 Å². The summed E-state index contributed by atoms with van der Waals surface area (Å²) >= 11 is 0. The molecule has 3 heteroatoms. The molecule has 0 atom stereocenters. The van der Waals surface area contributed by atoms with Crippen molar-refractivity contribution >= 4 is 0 Å². The van der Waals surface area contributed by atoms with E-state index in [1.165, 1.54) is 6.20 Å². The first-order chi connectivity index (χ1) is 6.49. The Morgan fingerprint density at radius 1 is 1.21 bits per heavy atom. The third kappa shape index (κ3) is 10.4. The highest BCUT2D eigenvalue weighted by Crippen LogP contribution is 1.99. The fraction of sp³-hybridized carbons (Fsp3) is 0.273. The van der Waals surface area contributed by atoms with Crippen LogP contribution in [-0.2, 0) is 0 Å². The SMILES string of the molecule is C/C=C\N.C=C(N)/C(N)=C\C(C)=C/C. The van der Waals surface area contributed by atoms with E-state index in [4.69, 9.17) is 17.2 Å². The molecular weight excluding hydrogens is 174 g/mol. The Bertz CT molecular complexity index is 243. The van der Waals surface area contributed by atoms with Crippen LogP contribution in [0.3, 0.4) is 0 Å². The first kappa shape index (κ1) is 14.9. The molecule has 0 aliphatic rings. The van der Waals surface area contributed by atoms with Crippen molar-refractivity contribution in [2.75, 3.05) is 0 Å². The molecule has 0 fully saturated rings. The third-order valence-electron chi connectivity index (χ3n) is 1.40. The van der Waals surface area contributed by atoms with Gasteiger partial charge in [0.15, 0.2) is 0 Å². The zero-order chi connectivity index (χ0) is 11.6. The standard InChI is InChI=1S/C8H14N2.C3H7N/c1-4-6(2)5-8(10)7(3)9;1-2-3-4/h4-5H,3,9-10H2,1-2H3;2-3H,4H2,1H3/b6-4-,8-5+;3-2-. The van der Waals surface area contributed by atoms with Crippen molar-refractivity contribution in [1.29, 1.82) is 0 Å². The van der Waals surface area contributed by atoms with Gasteiger partial charge in [-0.15, -0.1) is 0 Å². The van der Waals surface area contributed by atoms with Gasteiger partial charge in [0.25, 0.3) is 0 Å². The molecule has 0 saturated carbocycles. The summed E-state index contributed by atoms with van der Waals surface area (Å²) in [4.78, 5) is 0. The summed E-state index contributed by atoms with van der Waals surface area (Å²) in [5.41, 5.74) is 17.7. The van der Waals surface area contributed by atoms with Crippen LogP contribution < -0.4 is 17.2 Å². The molecule has 3 nitrogen and oxygen atoms in total. The number of hydrogen-bond acceptors (Lipinski definition) is 3. The Morgan fingerprint density at radius 3 is 1.86 bits per heavy atom. The lowest BCUT2D eigenvalue weighted by atomic mass is 10.2. The maximum atomic E-state index is 5.49. The van der Waals surface area contributed by atoms with Crippen LogP contribution in [0.5, 0.6) is 0 Å². The van der Waals surface area contributed by atoms with E-state index in [1.807, 2.05) is 26.8 Å². The molecule has 0 aliphatic carbocycles. The molecule has 80 valence electrons. The molecule has 0 unspecified atom stereocenters. The van der Waals surface area contributed by atoms with Crippen LogP contribution in [0.25, 0.3) is 0 Å². The smallest absolute Gasteiger partial charge is 0.0544 e. The van der Waals surface area contributed by atoms with Gasteiger partial charge in [-0.2, -0.15) is 0 Å². The fourth-order valence-electron chi connectivity index (χ4n) is 0.421. The summed E-state index contributed by atoms with van der Waals surface area (Å²) in [7, 11) is 0. The van der Waals surface area contributed by atoms with Gasteiger partial charge >= 0.3 is 0 Å². The van der Waals surface area contributed by atoms with Gasteiger partial charge in [0.05, 0.1) is 5.70 Å². The molecule has 0 bridgehead atoms. The van der Waals surface area contributed by atoms with E-state index in [9.17, 15) is 0 Å². The summed E-state index contributed by atoms with van der Waals surface area (Å²) in [6.07, 6.45) is 7.03. The average molecular weight is 195 g/mol. The van der Waals surface area contributed by atoms with E-state index in [2.05, 4.69) is 6.58 Å². The summed E-state index contributed by atoms with van der Waals surface area (Å²) in [5, 5.41) is 0. The number of hydrogen-bond donors (Lipinski definition) is 3. The van der Waals surface area contributed by atoms with E-state index < -0.39 is 0 Å². The highest BCUT2D eigenvalue weighted by Gasteiger charge is 1.89. The molecule has 14 heavy (non-hydrogen) atoms. The van der Waals surface area contributed by atoms with Crippen LogP contribution in [0.2, 0.25) is 0 Å². The molecule has 0 rings (SSSR count). The largest absolute Gasteiger partial charge is 0.405 e. The van der Waals surface area contributed by atoms with Crippen molar-refractivity contribution in [3.8, 4) is 0 Å². The third-order valence-corrected chi connectivity index (χ3v) is 1.40. The first-order valence-electron chi connectivity index (χ1n) is 4.37. The van der Waals surface area contributed by atoms with Crippen molar-refractivity contribution < 1.29 is 0 Å². The summed E-state index contributed by atoms with van der Waals surface area (Å²) in [6.45, 7) is 9.27. The molecule has 0 aliphatic heterocycles. The minimum Gasteiger partial charge on any atom is -0.405 e. The molecule has 0 saturated heterocycles. The van der Waals surface area contributed by atoms with Crippen molar-refractivity contribution in [2.24, 2.45) is 17.2 Å². The van der Waals surface area contributed by atoms with E-state index >= 15 is 0 Å². The van der Waals surface area contributed by atoms with Gasteiger partial charge in [-0.3, -0.25) is 0 Å². The van der Waals surface area contributed by atoms with Crippen molar-refractivity contribution in [3.63, 3.8) is 0 Å². The van der Waals surface area contributed by atoms with Gasteiger partial charge in [0.1, 0.15) is 0 Å². The van der Waals surface area contributed by atoms with E-state index in [1.54, 1.807) is 12.2 Å². The number of nitrogens with two attached hydrogens (primary N) is 3. The van der Waals surface area contributed by atoms with Gasteiger partial charge < -0.3 is 17.2 Å². The number of rotatable bonds is 2. The molecule has 0 radical (unpaired) electrons. The van der Waals surface area contributed by atoms with E-state index in [0.29, 0.717) is 11.4 Å². The second kappa shape index (κ2) is 9.45. The highest BCUT2D eigenvalue weighted by atomic mass is 14.7. The molecule has 0 aromatic carbocycles. The normalized spacial score (nSPS) is 12.2. The highest BCUT2D eigenvalue weighted by molar-refractivity contribution is 5.30. The summed E-state index contributed by atoms with van der Waals surface area (Å²) < 4.78 is 0. The minimum absolute atomic E-state index is 0.418. The van der Waals surface area contributed by atoms with Crippen molar-refractivity contribution in [3.05, 3.63) is 48.0 Å². The lowest BCUT2D eigenvalue weighted by molar-refractivity contribution is 1.24. The van der Waals surface area contributed by atoms with Crippen LogP contribution in [-0.4, -0.2) is 0 Å². The number of allylic oxidation sites excluding steroid dienone is 4. The maximum absolute atomic E-state index is 5.49. The van der Waals surface area contributed by atoms with Gasteiger partial charge in [0.2, 0.25) is 0 Å². The predicted octanol–water partition coefficient (Wildman–Crippen LogP) is 1.75. The lowest BCUT2D eigenvalue weighted by Crippen LogP contribution is -2.07. The molecule has 0 amide bonds. The van der Waals surface area contributed by atoms with Crippen LogP contribution in [0, 0.1) is 0 Å². The zero-order valence-corrected chi connectivity index (χ0v) is 9.25. The molecule has 0 heterocycles. The van der Waals surface area contributed by atoms with E-state index in [0.717, 1.165) is 5.57 Å². The summed E-state index contributed by atoms with van der Waals surface area (Å²) in [6, 6.07) is 0. The van der Waals surface area contributed by atoms with Crippen LogP contribution in [0.4, 0.5) is 0 Å². The Kier molecular flexibility index (Phi) is 10.0. The quantitative estimate of drug-likeness (QED) is 0.587. The van der Waals surface area contributed by atoms with Gasteiger partial charge in [0, 0.05) is 5.70 Å². The van der Waals surface area contributed by atoms with Crippen molar-refractivity contribution in [1.82, 2.24) is 0 Å². The Hall–Kier alpha value is -1.64. The van der Waals surface area contributed by atoms with Crippen molar-refractivity contribution in [2.45, 2.75) is 20.8 Å². The monoisotopic (exact) mass is 195 g/mol. The Balaban J connectivity index is 0. The first-order valence-corrected chi connectivity index (χ1v) is 4.37. The second-order valence-corrected chi connectivity index (χ2v) is 2.68. The molecule has 0 aromatic rings. The molecule has 0 aromatic heterocycles. The Morgan fingerprint density at radius 2 is 1.64 bits per heavy atom. The molecule has 0 spiro atoms. The molecule has 6 N–H and O–H groups in total. The van der Waals surface area contributed by atoms with Crippen LogP contribution in [0.15, 0.2) is 48.0 Å². The minimum atomic E-state index is 0.418. The second-order valence-electron chi connectivity index (χ2n) is 2.68. The lowest BCUT2D eigenvalue weighted by Gasteiger charge is -1.97. The maximum Gasteiger partial charge on any atom is 0.0544 e. The molecular formula is C11H21N3. The van der Waals surface area contributed by atoms with Gasteiger partial charge in [-0.1, -0.05) is 24.3 Å². The van der Waals surface area contributed by atoms with E-state index in [-0.39, 0.29) is 0 Å². The Labute approximate surface area is 86.7 Å². The van der Waals surface area contributed by atoms with Gasteiger partial charge in [-0.25, -0.2) is 0 Å². The predicted molar refractivity (Wildman–Crippen MR) is 64.0 cm³/mol. The topological polar surface area (TPSA) is 78.1 Å². The zero-order valence-electron chi connectivity index (χ0n) is 9.25. The average Bonchev–Trinajstić information content (AvgIpc) is 2.17.